The average molecular weight is 515 g/mol. The maximum Gasteiger partial charge on any atom is 0.241 e. The van der Waals surface area contributed by atoms with Crippen molar-refractivity contribution >= 4 is 15.9 Å². The summed E-state index contributed by atoms with van der Waals surface area (Å²) in [7, 11) is -3.99. The number of sulfonamides is 1. The minimum Gasteiger partial charge on any atom is -0.494 e. The van der Waals surface area contributed by atoms with E-state index in [1.807, 2.05) is 97.9 Å². The summed E-state index contributed by atoms with van der Waals surface area (Å²) in [6.45, 7) is 2.34. The van der Waals surface area contributed by atoms with Crippen molar-refractivity contribution in [3.63, 3.8) is 0 Å². The number of benzene rings is 4. The van der Waals surface area contributed by atoms with Crippen molar-refractivity contribution in [1.29, 1.82) is 0 Å². The molecule has 0 heterocycles. The zero-order valence-corrected chi connectivity index (χ0v) is 21.4. The van der Waals surface area contributed by atoms with Gasteiger partial charge in [-0.2, -0.15) is 4.72 Å². The molecule has 190 valence electrons. The van der Waals surface area contributed by atoms with Crippen LogP contribution in [0.15, 0.2) is 120 Å². The fourth-order valence-corrected chi connectivity index (χ4v) is 5.26. The molecule has 0 bridgehead atoms. The molecule has 0 saturated heterocycles. The molecule has 4 aromatic rings. The minimum atomic E-state index is -3.99. The van der Waals surface area contributed by atoms with E-state index in [2.05, 4.69) is 10.0 Å². The van der Waals surface area contributed by atoms with Gasteiger partial charge in [0.25, 0.3) is 0 Å². The molecule has 0 aliphatic rings. The van der Waals surface area contributed by atoms with Gasteiger partial charge in [-0.1, -0.05) is 91.0 Å². The Bertz CT molecular complexity index is 1340. The molecule has 0 spiro atoms. The normalized spacial score (nSPS) is 12.2. The Labute approximate surface area is 218 Å². The van der Waals surface area contributed by atoms with Crippen molar-refractivity contribution in [2.75, 3.05) is 6.61 Å². The van der Waals surface area contributed by atoms with Gasteiger partial charge >= 0.3 is 0 Å². The molecule has 1 amide bonds. The lowest BCUT2D eigenvalue weighted by molar-refractivity contribution is -0.123. The summed E-state index contributed by atoms with van der Waals surface area (Å²) in [5.74, 6) is 0.157. The van der Waals surface area contributed by atoms with Gasteiger partial charge < -0.3 is 10.1 Å². The van der Waals surface area contributed by atoms with Crippen molar-refractivity contribution in [2.45, 2.75) is 30.3 Å². The quantitative estimate of drug-likeness (QED) is 0.299. The number of nitrogens with one attached hydrogen (secondary N) is 2. The largest absolute Gasteiger partial charge is 0.494 e. The zero-order chi connectivity index (χ0) is 26.1. The lowest BCUT2D eigenvalue weighted by atomic mass is 9.97. The summed E-state index contributed by atoms with van der Waals surface area (Å²) in [5, 5.41) is 3.08. The van der Waals surface area contributed by atoms with E-state index < -0.39 is 28.0 Å². The lowest BCUT2D eigenvalue weighted by Crippen LogP contribution is -2.49. The summed E-state index contributed by atoms with van der Waals surface area (Å²) >= 11 is 0. The Morgan fingerprint density at radius 3 is 1.78 bits per heavy atom. The molecule has 4 rings (SSSR count). The summed E-state index contributed by atoms with van der Waals surface area (Å²) < 4.78 is 34.7. The molecule has 0 saturated carbocycles. The van der Waals surface area contributed by atoms with Crippen molar-refractivity contribution < 1.29 is 17.9 Å². The number of carbonyl (C=O) groups is 1. The Morgan fingerprint density at radius 1 is 0.757 bits per heavy atom. The highest BCUT2D eigenvalue weighted by molar-refractivity contribution is 7.89. The molecule has 6 nitrogen and oxygen atoms in total. The molecular weight excluding hydrogens is 484 g/mol. The molecule has 0 aromatic heterocycles. The third-order valence-electron chi connectivity index (χ3n) is 5.89. The highest BCUT2D eigenvalue weighted by Crippen LogP contribution is 2.23. The first kappa shape index (κ1) is 26.1. The van der Waals surface area contributed by atoms with Crippen molar-refractivity contribution in [1.82, 2.24) is 10.0 Å². The van der Waals surface area contributed by atoms with Gasteiger partial charge in [0, 0.05) is 0 Å². The molecule has 1 atom stereocenters. The van der Waals surface area contributed by atoms with Crippen molar-refractivity contribution in [2.24, 2.45) is 0 Å². The first-order valence-electron chi connectivity index (χ1n) is 12.2. The molecule has 0 aliphatic carbocycles. The van der Waals surface area contributed by atoms with Crippen LogP contribution in [0.3, 0.4) is 0 Å². The molecule has 37 heavy (non-hydrogen) atoms. The van der Waals surface area contributed by atoms with Gasteiger partial charge in [-0.15, -0.1) is 0 Å². The third kappa shape index (κ3) is 7.06. The van der Waals surface area contributed by atoms with Crippen LogP contribution in [-0.4, -0.2) is 27.0 Å². The van der Waals surface area contributed by atoms with Crippen LogP contribution in [0.4, 0.5) is 0 Å². The van der Waals surface area contributed by atoms with Gasteiger partial charge in [0.1, 0.15) is 11.8 Å². The predicted molar refractivity (Wildman–Crippen MR) is 145 cm³/mol. The van der Waals surface area contributed by atoms with Crippen LogP contribution >= 0.6 is 0 Å². The van der Waals surface area contributed by atoms with Crippen LogP contribution in [0.5, 0.6) is 5.75 Å². The third-order valence-corrected chi connectivity index (χ3v) is 7.38. The van der Waals surface area contributed by atoms with E-state index in [0.29, 0.717) is 12.4 Å². The summed E-state index contributed by atoms with van der Waals surface area (Å²) in [6, 6.07) is 33.2. The fraction of sp³-hybridized carbons (Fsp3) is 0.167. The van der Waals surface area contributed by atoms with Crippen LogP contribution in [0.25, 0.3) is 0 Å². The molecule has 0 unspecified atom stereocenters. The number of hydrogen-bond donors (Lipinski definition) is 2. The van der Waals surface area contributed by atoms with Crippen LogP contribution < -0.4 is 14.8 Å². The van der Waals surface area contributed by atoms with Gasteiger partial charge in [0.2, 0.25) is 15.9 Å². The van der Waals surface area contributed by atoms with Gasteiger partial charge in [0.15, 0.2) is 0 Å². The summed E-state index contributed by atoms with van der Waals surface area (Å²) in [6.07, 6.45) is 0.194. The van der Waals surface area contributed by atoms with Crippen LogP contribution in [0.2, 0.25) is 0 Å². The molecule has 0 fully saturated rings. The Kier molecular flexibility index (Phi) is 8.72. The monoisotopic (exact) mass is 514 g/mol. The molecular formula is C30H30N2O4S. The van der Waals surface area contributed by atoms with Crippen molar-refractivity contribution in [3.8, 4) is 5.75 Å². The second-order valence-electron chi connectivity index (χ2n) is 8.53. The summed E-state index contributed by atoms with van der Waals surface area (Å²) in [5.41, 5.74) is 2.64. The molecule has 0 aliphatic heterocycles. The van der Waals surface area contributed by atoms with Crippen LogP contribution in [0.1, 0.15) is 29.7 Å². The van der Waals surface area contributed by atoms with E-state index in [9.17, 15) is 13.2 Å². The number of hydrogen-bond acceptors (Lipinski definition) is 4. The van der Waals surface area contributed by atoms with E-state index in [1.54, 1.807) is 12.1 Å². The van der Waals surface area contributed by atoms with E-state index in [-0.39, 0.29) is 11.3 Å². The first-order valence-corrected chi connectivity index (χ1v) is 13.6. The Balaban J connectivity index is 1.63. The number of rotatable bonds is 11. The number of amides is 1. The van der Waals surface area contributed by atoms with E-state index in [0.717, 1.165) is 16.7 Å². The van der Waals surface area contributed by atoms with E-state index >= 15 is 0 Å². The maximum absolute atomic E-state index is 13.7. The maximum atomic E-state index is 13.7. The Morgan fingerprint density at radius 2 is 1.27 bits per heavy atom. The van der Waals surface area contributed by atoms with Gasteiger partial charge in [0.05, 0.1) is 17.5 Å². The van der Waals surface area contributed by atoms with Crippen LogP contribution in [-0.2, 0) is 21.2 Å². The molecule has 0 radical (unpaired) electrons. The topological polar surface area (TPSA) is 84.5 Å². The standard InChI is InChI=1S/C30H30N2O4S/c1-2-36-26-18-20-27(21-19-26)37(34,35)32-28(22-23-12-6-3-7-13-23)30(33)31-29(24-14-8-4-9-15-24)25-16-10-5-11-17-25/h3-21,28-29,32H,2,22H2,1H3,(H,31,33)/t28-/m0/s1. The fourth-order valence-electron chi connectivity index (χ4n) is 4.07. The smallest absolute Gasteiger partial charge is 0.241 e. The van der Waals surface area contributed by atoms with E-state index in [4.69, 9.17) is 4.74 Å². The Hall–Kier alpha value is -3.94. The number of carbonyl (C=O) groups excluding carboxylic acids is 1. The summed E-state index contributed by atoms with van der Waals surface area (Å²) in [4.78, 5) is 13.8. The minimum absolute atomic E-state index is 0.0597. The second-order valence-corrected chi connectivity index (χ2v) is 10.2. The average Bonchev–Trinajstić information content (AvgIpc) is 2.93. The SMILES string of the molecule is CCOc1ccc(S(=O)(=O)N[C@@H](Cc2ccccc2)C(=O)NC(c2ccccc2)c2ccccc2)cc1. The highest BCUT2D eigenvalue weighted by atomic mass is 32.2. The molecule has 7 heteroatoms. The molecule has 4 aromatic carbocycles. The second kappa shape index (κ2) is 12.3. The van der Waals surface area contributed by atoms with Crippen molar-refractivity contribution in [3.05, 3.63) is 132 Å². The van der Waals surface area contributed by atoms with Crippen LogP contribution in [0, 0.1) is 0 Å². The number of ether oxygens (including phenoxy) is 1. The lowest BCUT2D eigenvalue weighted by Gasteiger charge is -2.24. The van der Waals surface area contributed by atoms with Gasteiger partial charge in [-0.3, -0.25) is 4.79 Å². The van der Waals surface area contributed by atoms with Gasteiger partial charge in [-0.25, -0.2) is 8.42 Å². The highest BCUT2D eigenvalue weighted by Gasteiger charge is 2.28. The first-order chi connectivity index (χ1) is 18.0. The predicted octanol–water partition coefficient (Wildman–Crippen LogP) is 4.88. The van der Waals surface area contributed by atoms with E-state index in [1.165, 1.54) is 12.1 Å². The molecule has 2 N–H and O–H groups in total. The van der Waals surface area contributed by atoms with Gasteiger partial charge in [-0.05, 0) is 54.3 Å². The zero-order valence-electron chi connectivity index (χ0n) is 20.6.